The van der Waals surface area contributed by atoms with Crippen LogP contribution >= 0.6 is 23.2 Å². The van der Waals surface area contributed by atoms with Crippen molar-refractivity contribution in [2.45, 2.75) is 6.54 Å². The first-order chi connectivity index (χ1) is 13.0. The van der Waals surface area contributed by atoms with Crippen LogP contribution in [0.4, 0.5) is 5.69 Å². The second-order valence-electron chi connectivity index (χ2n) is 6.65. The third-order valence-electron chi connectivity index (χ3n) is 4.67. The first kappa shape index (κ1) is 17.9. The molecule has 4 aromatic rings. The predicted octanol–water partition coefficient (Wildman–Crippen LogP) is 6.12. The van der Waals surface area contributed by atoms with Gasteiger partial charge in [-0.1, -0.05) is 41.4 Å². The zero-order valence-corrected chi connectivity index (χ0v) is 16.7. The van der Waals surface area contributed by atoms with Gasteiger partial charge >= 0.3 is 0 Å². The SMILES string of the molecule is CN(C)c1ccc(-c2nc3ccccc3n2Cc2c(Cl)cccc2Cl)cc1. The molecule has 0 fully saturated rings. The summed E-state index contributed by atoms with van der Waals surface area (Å²) >= 11 is 12.9. The Morgan fingerprint density at radius 3 is 2.19 bits per heavy atom. The molecule has 0 saturated carbocycles. The van der Waals surface area contributed by atoms with Crippen molar-refractivity contribution in [3.05, 3.63) is 82.3 Å². The van der Waals surface area contributed by atoms with Gasteiger partial charge in [0.2, 0.25) is 0 Å². The zero-order chi connectivity index (χ0) is 19.0. The molecule has 0 aliphatic carbocycles. The summed E-state index contributed by atoms with van der Waals surface area (Å²) in [5.41, 5.74) is 5.11. The van der Waals surface area contributed by atoms with E-state index in [4.69, 9.17) is 28.2 Å². The van der Waals surface area contributed by atoms with Crippen LogP contribution in [0.1, 0.15) is 5.56 Å². The molecule has 5 heteroatoms. The Balaban J connectivity index is 1.87. The summed E-state index contributed by atoms with van der Waals surface area (Å²) in [6, 6.07) is 22.1. The molecule has 0 unspecified atom stereocenters. The van der Waals surface area contributed by atoms with E-state index in [1.54, 1.807) is 0 Å². The van der Waals surface area contributed by atoms with Crippen LogP contribution in [0.3, 0.4) is 0 Å². The molecule has 0 aliphatic rings. The normalized spacial score (nSPS) is 11.1. The van der Waals surface area contributed by atoms with E-state index >= 15 is 0 Å². The lowest BCUT2D eigenvalue weighted by molar-refractivity contribution is 0.835. The highest BCUT2D eigenvalue weighted by Crippen LogP contribution is 2.31. The molecule has 27 heavy (non-hydrogen) atoms. The summed E-state index contributed by atoms with van der Waals surface area (Å²) in [7, 11) is 4.06. The van der Waals surface area contributed by atoms with Crippen molar-refractivity contribution in [3.8, 4) is 11.4 Å². The molecule has 0 N–H and O–H groups in total. The second kappa shape index (κ2) is 7.26. The van der Waals surface area contributed by atoms with Crippen LogP contribution in [0, 0.1) is 0 Å². The van der Waals surface area contributed by atoms with Crippen LogP contribution in [0.5, 0.6) is 0 Å². The Morgan fingerprint density at radius 1 is 0.852 bits per heavy atom. The number of fused-ring (bicyclic) bond motifs is 1. The minimum atomic E-state index is 0.559. The first-order valence-electron chi connectivity index (χ1n) is 8.70. The molecule has 0 spiro atoms. The second-order valence-corrected chi connectivity index (χ2v) is 7.47. The third-order valence-corrected chi connectivity index (χ3v) is 5.38. The maximum absolute atomic E-state index is 6.43. The number of hydrogen-bond acceptors (Lipinski definition) is 2. The summed E-state index contributed by atoms with van der Waals surface area (Å²) < 4.78 is 2.17. The van der Waals surface area contributed by atoms with E-state index < -0.39 is 0 Å². The van der Waals surface area contributed by atoms with E-state index in [1.807, 2.05) is 50.5 Å². The summed E-state index contributed by atoms with van der Waals surface area (Å²) in [5, 5.41) is 1.32. The molecule has 0 amide bonds. The Kier molecular flexibility index (Phi) is 4.81. The fourth-order valence-electron chi connectivity index (χ4n) is 3.21. The van der Waals surface area contributed by atoms with Crippen LogP contribution < -0.4 is 4.90 Å². The van der Waals surface area contributed by atoms with Crippen molar-refractivity contribution in [1.82, 2.24) is 9.55 Å². The molecule has 0 atom stereocenters. The van der Waals surface area contributed by atoms with Gasteiger partial charge in [-0.3, -0.25) is 0 Å². The van der Waals surface area contributed by atoms with E-state index in [0.29, 0.717) is 16.6 Å². The molecule has 0 saturated heterocycles. The van der Waals surface area contributed by atoms with Gasteiger partial charge in [-0.2, -0.15) is 0 Å². The van der Waals surface area contributed by atoms with Gasteiger partial charge in [0.25, 0.3) is 0 Å². The van der Waals surface area contributed by atoms with Crippen LogP contribution in [0.15, 0.2) is 66.7 Å². The van der Waals surface area contributed by atoms with Crippen molar-refractivity contribution in [1.29, 1.82) is 0 Å². The van der Waals surface area contributed by atoms with Crippen LogP contribution in [0.25, 0.3) is 22.4 Å². The number of imidazole rings is 1. The van der Waals surface area contributed by atoms with E-state index in [1.165, 1.54) is 0 Å². The van der Waals surface area contributed by atoms with Crippen LogP contribution in [-0.2, 0) is 6.54 Å². The van der Waals surface area contributed by atoms with E-state index in [-0.39, 0.29) is 0 Å². The summed E-state index contributed by atoms with van der Waals surface area (Å²) in [5.74, 6) is 0.900. The maximum atomic E-state index is 6.43. The van der Waals surface area contributed by atoms with Gasteiger partial charge in [-0.25, -0.2) is 4.98 Å². The Hall–Kier alpha value is -2.49. The van der Waals surface area contributed by atoms with Gasteiger partial charge < -0.3 is 9.47 Å². The van der Waals surface area contributed by atoms with E-state index in [2.05, 4.69) is 39.8 Å². The first-order valence-corrected chi connectivity index (χ1v) is 9.46. The lowest BCUT2D eigenvalue weighted by Gasteiger charge is -2.14. The highest BCUT2D eigenvalue weighted by atomic mass is 35.5. The van der Waals surface area contributed by atoms with Gasteiger partial charge in [0.15, 0.2) is 0 Å². The average molecular weight is 396 g/mol. The van der Waals surface area contributed by atoms with Crippen molar-refractivity contribution in [3.63, 3.8) is 0 Å². The van der Waals surface area contributed by atoms with Crippen molar-refractivity contribution in [2.75, 3.05) is 19.0 Å². The number of anilines is 1. The molecule has 0 aliphatic heterocycles. The molecule has 3 nitrogen and oxygen atoms in total. The van der Waals surface area contributed by atoms with Crippen molar-refractivity contribution in [2.24, 2.45) is 0 Å². The average Bonchev–Trinajstić information content (AvgIpc) is 3.03. The number of aromatic nitrogens is 2. The lowest BCUT2D eigenvalue weighted by Crippen LogP contribution is -2.08. The summed E-state index contributed by atoms with van der Waals surface area (Å²) in [6.45, 7) is 0.559. The quantitative estimate of drug-likeness (QED) is 0.414. The number of hydrogen-bond donors (Lipinski definition) is 0. The van der Waals surface area contributed by atoms with Gasteiger partial charge in [0.05, 0.1) is 17.6 Å². The largest absolute Gasteiger partial charge is 0.378 e. The predicted molar refractivity (Wildman–Crippen MR) is 115 cm³/mol. The summed E-state index contributed by atoms with van der Waals surface area (Å²) in [6.07, 6.45) is 0. The van der Waals surface area contributed by atoms with Gasteiger partial charge in [0, 0.05) is 41.0 Å². The molecule has 0 radical (unpaired) electrons. The molecule has 0 bridgehead atoms. The Bertz CT molecular complexity index is 1080. The fraction of sp³-hybridized carbons (Fsp3) is 0.136. The molecule has 1 heterocycles. The fourth-order valence-corrected chi connectivity index (χ4v) is 3.72. The number of nitrogens with zero attached hydrogens (tertiary/aromatic N) is 3. The molecule has 1 aromatic heterocycles. The number of halogens is 2. The highest BCUT2D eigenvalue weighted by molar-refractivity contribution is 6.36. The topological polar surface area (TPSA) is 21.1 Å². The maximum Gasteiger partial charge on any atom is 0.141 e. The van der Waals surface area contributed by atoms with Gasteiger partial charge in [-0.15, -0.1) is 0 Å². The smallest absolute Gasteiger partial charge is 0.141 e. The minimum absolute atomic E-state index is 0.559. The monoisotopic (exact) mass is 395 g/mol. The zero-order valence-electron chi connectivity index (χ0n) is 15.2. The highest BCUT2D eigenvalue weighted by Gasteiger charge is 2.15. The van der Waals surface area contributed by atoms with Crippen molar-refractivity contribution >= 4 is 39.9 Å². The number of benzene rings is 3. The lowest BCUT2D eigenvalue weighted by atomic mass is 10.1. The number of rotatable bonds is 4. The molecular formula is C22H19Cl2N3. The van der Waals surface area contributed by atoms with Gasteiger partial charge in [0.1, 0.15) is 5.82 Å². The van der Waals surface area contributed by atoms with E-state index in [9.17, 15) is 0 Å². The standard InChI is InChI=1S/C22H19Cl2N3/c1-26(2)16-12-10-15(11-13-16)22-25-20-8-3-4-9-21(20)27(22)14-17-18(23)6-5-7-19(17)24/h3-13H,14H2,1-2H3. The van der Waals surface area contributed by atoms with Crippen LogP contribution in [-0.4, -0.2) is 23.6 Å². The summed E-state index contributed by atoms with van der Waals surface area (Å²) in [4.78, 5) is 6.96. The Morgan fingerprint density at radius 2 is 1.52 bits per heavy atom. The van der Waals surface area contributed by atoms with Gasteiger partial charge in [-0.05, 0) is 48.5 Å². The molecule has 4 rings (SSSR count). The molecular weight excluding hydrogens is 377 g/mol. The van der Waals surface area contributed by atoms with E-state index in [0.717, 1.165) is 33.7 Å². The third kappa shape index (κ3) is 3.41. The molecule has 136 valence electrons. The van der Waals surface area contributed by atoms with Crippen molar-refractivity contribution < 1.29 is 0 Å². The number of para-hydroxylation sites is 2. The van der Waals surface area contributed by atoms with Crippen LogP contribution in [0.2, 0.25) is 10.0 Å². The minimum Gasteiger partial charge on any atom is -0.378 e. The Labute approximate surface area is 168 Å². The molecule has 3 aromatic carbocycles.